The molecular weight excluding hydrogens is 348 g/mol. The molecule has 3 saturated heterocycles. The van der Waals surface area contributed by atoms with Gasteiger partial charge in [0.25, 0.3) is 0 Å². The van der Waals surface area contributed by atoms with Gasteiger partial charge in [0.2, 0.25) is 0 Å². The molecule has 0 amide bonds. The minimum atomic E-state index is 0.250. The van der Waals surface area contributed by atoms with E-state index in [9.17, 15) is 5.26 Å². The predicted molar refractivity (Wildman–Crippen MR) is 112 cm³/mol. The van der Waals surface area contributed by atoms with E-state index in [0.717, 1.165) is 51.3 Å². The van der Waals surface area contributed by atoms with Gasteiger partial charge < -0.3 is 19.6 Å². The standard InChI is InChI=1S/C22H36N6/c1-24-21(19-23)22(25(2)11-8-14-26-12-4-3-5-13-26)28-17-9-20(10-18-28)27-15-6-7-16-27/h20H,3-18H2,2H3. The molecule has 6 heteroatoms. The maximum absolute atomic E-state index is 9.54. The van der Waals surface area contributed by atoms with Gasteiger partial charge in [-0.15, -0.1) is 0 Å². The zero-order valence-electron chi connectivity index (χ0n) is 17.6. The highest BCUT2D eigenvalue weighted by molar-refractivity contribution is 5.32. The number of allylic oxidation sites excluding steroid dienone is 1. The van der Waals surface area contributed by atoms with Crippen LogP contribution in [-0.2, 0) is 0 Å². The molecule has 0 atom stereocenters. The van der Waals surface area contributed by atoms with Crippen LogP contribution in [0.1, 0.15) is 51.4 Å². The molecule has 0 N–H and O–H groups in total. The van der Waals surface area contributed by atoms with Crippen molar-refractivity contribution in [2.75, 3.05) is 59.4 Å². The Bertz CT molecular complexity index is 579. The van der Waals surface area contributed by atoms with E-state index in [0.29, 0.717) is 6.04 Å². The second-order valence-corrected chi connectivity index (χ2v) is 8.53. The highest BCUT2D eigenvalue weighted by Gasteiger charge is 2.29. The van der Waals surface area contributed by atoms with Crippen LogP contribution >= 0.6 is 0 Å². The lowest BCUT2D eigenvalue weighted by molar-refractivity contribution is 0.122. The Hall–Kier alpha value is -1.76. The maximum Gasteiger partial charge on any atom is 0.300 e. The third kappa shape index (κ3) is 5.40. The van der Waals surface area contributed by atoms with Gasteiger partial charge in [0, 0.05) is 32.7 Å². The van der Waals surface area contributed by atoms with Crippen LogP contribution < -0.4 is 0 Å². The Morgan fingerprint density at radius 2 is 1.68 bits per heavy atom. The molecule has 28 heavy (non-hydrogen) atoms. The Labute approximate surface area is 171 Å². The fraction of sp³-hybridized carbons (Fsp3) is 0.818. The van der Waals surface area contributed by atoms with E-state index < -0.39 is 0 Å². The number of piperidine rings is 2. The van der Waals surface area contributed by atoms with E-state index in [-0.39, 0.29) is 5.70 Å². The number of hydrogen-bond acceptors (Lipinski definition) is 5. The zero-order chi connectivity index (χ0) is 19.8. The molecule has 0 bridgehead atoms. The van der Waals surface area contributed by atoms with Crippen LogP contribution in [0.5, 0.6) is 0 Å². The third-order valence-corrected chi connectivity index (χ3v) is 6.63. The van der Waals surface area contributed by atoms with Crippen LogP contribution in [0.3, 0.4) is 0 Å². The van der Waals surface area contributed by atoms with Gasteiger partial charge in [-0.25, -0.2) is 10.1 Å². The number of rotatable bonds is 7. The molecule has 3 aliphatic rings. The first kappa shape index (κ1) is 21.0. The van der Waals surface area contributed by atoms with Crippen molar-refractivity contribution in [2.45, 2.75) is 57.4 Å². The number of nitrogens with zero attached hydrogens (tertiary/aromatic N) is 6. The van der Waals surface area contributed by atoms with E-state index in [1.54, 1.807) is 0 Å². The Morgan fingerprint density at radius 3 is 2.29 bits per heavy atom. The molecule has 3 rings (SSSR count). The van der Waals surface area contributed by atoms with Crippen molar-refractivity contribution >= 4 is 0 Å². The Kier molecular flexibility index (Phi) is 8.01. The zero-order valence-corrected chi connectivity index (χ0v) is 17.6. The SMILES string of the molecule is [C-]#[N+]C(C#N)=C(N(C)CCCN1CCCCC1)N1CCC(N2CCCC2)CC1. The minimum Gasteiger partial charge on any atom is -0.369 e. The van der Waals surface area contributed by atoms with Crippen molar-refractivity contribution in [1.29, 1.82) is 5.26 Å². The van der Waals surface area contributed by atoms with Crippen molar-refractivity contribution in [2.24, 2.45) is 0 Å². The quantitative estimate of drug-likeness (QED) is 0.499. The van der Waals surface area contributed by atoms with Gasteiger partial charge in [0.1, 0.15) is 5.82 Å². The molecule has 154 valence electrons. The fourth-order valence-corrected chi connectivity index (χ4v) is 5.07. The van der Waals surface area contributed by atoms with Gasteiger partial charge in [-0.3, -0.25) is 0 Å². The van der Waals surface area contributed by atoms with Gasteiger partial charge in [-0.05, 0) is 77.7 Å². The molecule has 0 aromatic heterocycles. The lowest BCUT2D eigenvalue weighted by atomic mass is 10.0. The Morgan fingerprint density at radius 1 is 1.04 bits per heavy atom. The molecule has 0 aliphatic carbocycles. The second kappa shape index (κ2) is 10.7. The maximum atomic E-state index is 9.54. The summed E-state index contributed by atoms with van der Waals surface area (Å²) in [6, 6.07) is 2.84. The van der Waals surface area contributed by atoms with Gasteiger partial charge in [0.15, 0.2) is 0 Å². The minimum absolute atomic E-state index is 0.250. The first-order valence-corrected chi connectivity index (χ1v) is 11.2. The first-order valence-electron chi connectivity index (χ1n) is 11.2. The van der Waals surface area contributed by atoms with Crippen LogP contribution in [0.15, 0.2) is 11.5 Å². The van der Waals surface area contributed by atoms with Crippen molar-refractivity contribution < 1.29 is 0 Å². The van der Waals surface area contributed by atoms with Gasteiger partial charge in [0.05, 0.1) is 12.6 Å². The molecule has 0 radical (unpaired) electrons. The molecular formula is C22H36N6. The molecule has 0 aromatic rings. The second-order valence-electron chi connectivity index (χ2n) is 8.53. The molecule has 0 spiro atoms. The fourth-order valence-electron chi connectivity index (χ4n) is 5.07. The van der Waals surface area contributed by atoms with E-state index in [1.807, 2.05) is 0 Å². The summed E-state index contributed by atoms with van der Waals surface area (Å²) < 4.78 is 0. The van der Waals surface area contributed by atoms with E-state index in [1.165, 1.54) is 58.3 Å². The normalized spacial score (nSPS) is 23.2. The summed E-state index contributed by atoms with van der Waals surface area (Å²) in [4.78, 5) is 13.2. The van der Waals surface area contributed by atoms with Crippen LogP contribution in [0.2, 0.25) is 0 Å². The van der Waals surface area contributed by atoms with Crippen LogP contribution in [0, 0.1) is 17.9 Å². The largest absolute Gasteiger partial charge is 0.369 e. The van der Waals surface area contributed by atoms with Crippen LogP contribution in [0.4, 0.5) is 0 Å². The van der Waals surface area contributed by atoms with Crippen LogP contribution in [0.25, 0.3) is 4.85 Å². The smallest absolute Gasteiger partial charge is 0.300 e. The summed E-state index contributed by atoms with van der Waals surface area (Å²) in [6.07, 6.45) is 10.0. The van der Waals surface area contributed by atoms with Crippen LogP contribution in [-0.4, -0.2) is 85.0 Å². The number of hydrogen-bond donors (Lipinski definition) is 0. The lowest BCUT2D eigenvalue weighted by Gasteiger charge is -2.41. The molecule has 3 heterocycles. The molecule has 3 fully saturated rings. The molecule has 3 aliphatic heterocycles. The molecule has 0 aromatic carbocycles. The highest BCUT2D eigenvalue weighted by atomic mass is 15.3. The third-order valence-electron chi connectivity index (χ3n) is 6.63. The van der Waals surface area contributed by atoms with E-state index in [4.69, 9.17) is 6.57 Å². The molecule has 6 nitrogen and oxygen atoms in total. The van der Waals surface area contributed by atoms with Crippen molar-refractivity contribution in [3.8, 4) is 6.07 Å². The molecule has 0 saturated carbocycles. The molecule has 0 unspecified atom stereocenters. The number of likely N-dealkylation sites (tertiary alicyclic amines) is 3. The summed E-state index contributed by atoms with van der Waals surface area (Å²) in [7, 11) is 2.06. The van der Waals surface area contributed by atoms with Gasteiger partial charge in [-0.2, -0.15) is 0 Å². The topological polar surface area (TPSA) is 41.1 Å². The van der Waals surface area contributed by atoms with Gasteiger partial charge >= 0.3 is 5.70 Å². The summed E-state index contributed by atoms with van der Waals surface area (Å²) in [6.45, 7) is 16.4. The average molecular weight is 385 g/mol. The lowest BCUT2D eigenvalue weighted by Crippen LogP contribution is -2.46. The monoisotopic (exact) mass is 384 g/mol. The summed E-state index contributed by atoms with van der Waals surface area (Å²) in [5, 5.41) is 9.54. The first-order chi connectivity index (χ1) is 13.7. The van der Waals surface area contributed by atoms with E-state index in [2.05, 4.69) is 37.6 Å². The summed E-state index contributed by atoms with van der Waals surface area (Å²) in [5.74, 6) is 0.857. The summed E-state index contributed by atoms with van der Waals surface area (Å²) in [5.41, 5.74) is 0.250. The number of nitriles is 1. The van der Waals surface area contributed by atoms with E-state index >= 15 is 0 Å². The Balaban J connectivity index is 1.56. The average Bonchev–Trinajstić information content (AvgIpc) is 3.28. The predicted octanol–water partition coefficient (Wildman–Crippen LogP) is 2.97. The van der Waals surface area contributed by atoms with Gasteiger partial charge in [-0.1, -0.05) is 6.42 Å². The highest BCUT2D eigenvalue weighted by Crippen LogP contribution is 2.25. The van der Waals surface area contributed by atoms with Crippen molar-refractivity contribution in [3.63, 3.8) is 0 Å². The van der Waals surface area contributed by atoms with Crippen molar-refractivity contribution in [3.05, 3.63) is 22.9 Å². The summed E-state index contributed by atoms with van der Waals surface area (Å²) >= 11 is 0. The van der Waals surface area contributed by atoms with Crippen molar-refractivity contribution in [1.82, 2.24) is 19.6 Å².